The number of hydrogen-bond donors (Lipinski definition) is 1. The third-order valence-electron chi connectivity index (χ3n) is 5.46. The van der Waals surface area contributed by atoms with Gasteiger partial charge in [0.25, 0.3) is 0 Å². The Hall–Kier alpha value is -2.19. The third kappa shape index (κ3) is 3.67. The Balaban J connectivity index is 1.85. The molecule has 0 spiro atoms. The number of halogens is 2. The molecule has 2 aliphatic rings. The van der Waals surface area contributed by atoms with Crippen molar-refractivity contribution in [2.75, 3.05) is 4.90 Å². The van der Waals surface area contributed by atoms with Crippen LogP contribution in [0, 0.1) is 0 Å². The van der Waals surface area contributed by atoms with Crippen LogP contribution >= 0.6 is 23.2 Å². The number of ketones is 1. The highest BCUT2D eigenvalue weighted by Crippen LogP contribution is 2.46. The van der Waals surface area contributed by atoms with Gasteiger partial charge in [0.15, 0.2) is 5.78 Å². The van der Waals surface area contributed by atoms with Crippen molar-refractivity contribution < 1.29 is 18.0 Å². The quantitative estimate of drug-likeness (QED) is 0.736. The number of rotatable bonds is 3. The van der Waals surface area contributed by atoms with Crippen LogP contribution in [-0.4, -0.2) is 20.1 Å². The number of amides is 1. The minimum atomic E-state index is -3.85. The molecule has 0 saturated carbocycles. The molecule has 1 unspecified atom stereocenters. The normalized spacial score (nSPS) is 19.8. The van der Waals surface area contributed by atoms with Gasteiger partial charge < -0.3 is 0 Å². The molecule has 6 nitrogen and oxygen atoms in total. The van der Waals surface area contributed by atoms with Crippen molar-refractivity contribution in [3.05, 3.63) is 69.3 Å². The first kappa shape index (κ1) is 21.1. The molecule has 1 atom stereocenters. The highest BCUT2D eigenvalue weighted by atomic mass is 35.5. The number of primary sulfonamides is 1. The van der Waals surface area contributed by atoms with E-state index in [1.807, 2.05) is 0 Å². The molecule has 1 aliphatic heterocycles. The van der Waals surface area contributed by atoms with E-state index in [2.05, 4.69) is 0 Å². The zero-order valence-electron chi connectivity index (χ0n) is 15.8. The van der Waals surface area contributed by atoms with E-state index in [0.717, 1.165) is 0 Å². The molecule has 2 aromatic rings. The van der Waals surface area contributed by atoms with Crippen molar-refractivity contribution in [3.8, 4) is 0 Å². The first-order valence-electron chi connectivity index (χ1n) is 9.34. The van der Waals surface area contributed by atoms with Gasteiger partial charge in [0.1, 0.15) is 0 Å². The average Bonchev–Trinajstić information content (AvgIpc) is 2.69. The molecule has 0 fully saturated rings. The second-order valence-electron chi connectivity index (χ2n) is 7.30. The molecule has 156 valence electrons. The molecule has 9 heteroatoms. The molecule has 2 N–H and O–H groups in total. The summed E-state index contributed by atoms with van der Waals surface area (Å²) in [5.41, 5.74) is 2.35. The molecule has 4 rings (SSSR count). The molecule has 1 aliphatic carbocycles. The van der Waals surface area contributed by atoms with Gasteiger partial charge in [0.2, 0.25) is 15.9 Å². The van der Waals surface area contributed by atoms with E-state index in [-0.39, 0.29) is 23.0 Å². The van der Waals surface area contributed by atoms with Gasteiger partial charge in [-0.3, -0.25) is 14.5 Å². The summed E-state index contributed by atoms with van der Waals surface area (Å²) in [6, 6.07) is 10.9. The van der Waals surface area contributed by atoms with Crippen molar-refractivity contribution in [2.45, 2.75) is 36.5 Å². The smallest absolute Gasteiger partial charge is 0.238 e. The first-order chi connectivity index (χ1) is 14.2. The lowest BCUT2D eigenvalue weighted by molar-refractivity contribution is -0.119. The zero-order chi connectivity index (χ0) is 21.6. The zero-order valence-corrected chi connectivity index (χ0v) is 18.1. The number of carbonyl (C=O) groups is 2. The van der Waals surface area contributed by atoms with Crippen molar-refractivity contribution in [2.24, 2.45) is 5.14 Å². The summed E-state index contributed by atoms with van der Waals surface area (Å²) < 4.78 is 23.1. The molecule has 0 aromatic heterocycles. The van der Waals surface area contributed by atoms with Crippen LogP contribution in [0.1, 0.15) is 37.2 Å². The first-order valence-corrected chi connectivity index (χ1v) is 11.6. The maximum atomic E-state index is 13.2. The molecular formula is C21H18Cl2N2O4S. The summed E-state index contributed by atoms with van der Waals surface area (Å²) >= 11 is 12.6. The molecule has 1 amide bonds. The van der Waals surface area contributed by atoms with Gasteiger partial charge in [-0.1, -0.05) is 35.3 Å². The summed E-state index contributed by atoms with van der Waals surface area (Å²) in [5, 5.41) is 5.87. The number of allylic oxidation sites excluding steroid dienone is 2. The highest BCUT2D eigenvalue weighted by molar-refractivity contribution is 7.89. The van der Waals surface area contributed by atoms with E-state index >= 15 is 0 Å². The molecule has 2 aromatic carbocycles. The maximum absolute atomic E-state index is 13.2. The number of anilines is 1. The molecule has 1 heterocycles. The van der Waals surface area contributed by atoms with E-state index in [0.29, 0.717) is 51.8 Å². The highest BCUT2D eigenvalue weighted by Gasteiger charge is 2.40. The SMILES string of the molecule is NS(=O)(=O)c1ccc(N2C(=O)CC(c3cccc(Cl)c3Cl)C3=C2CCCC3=O)cc1. The van der Waals surface area contributed by atoms with Crippen LogP contribution in [0.5, 0.6) is 0 Å². The van der Waals surface area contributed by atoms with Gasteiger partial charge >= 0.3 is 0 Å². The van der Waals surface area contributed by atoms with Crippen LogP contribution in [0.3, 0.4) is 0 Å². The minimum Gasteiger partial charge on any atom is -0.294 e. The fraction of sp³-hybridized carbons (Fsp3) is 0.238. The van der Waals surface area contributed by atoms with Crippen LogP contribution in [-0.2, 0) is 19.6 Å². The van der Waals surface area contributed by atoms with Gasteiger partial charge in [0.05, 0.1) is 14.9 Å². The second kappa shape index (κ2) is 7.81. The largest absolute Gasteiger partial charge is 0.294 e. The topological polar surface area (TPSA) is 97.5 Å². The second-order valence-corrected chi connectivity index (χ2v) is 9.65. The minimum absolute atomic E-state index is 0.0176. The lowest BCUT2D eigenvalue weighted by Crippen LogP contribution is -2.40. The van der Waals surface area contributed by atoms with Crippen LogP contribution in [0.25, 0.3) is 0 Å². The van der Waals surface area contributed by atoms with Crippen molar-refractivity contribution in [3.63, 3.8) is 0 Å². The van der Waals surface area contributed by atoms with Crippen LogP contribution < -0.4 is 10.0 Å². The fourth-order valence-corrected chi connectivity index (χ4v) is 5.09. The molecular weight excluding hydrogens is 447 g/mol. The lowest BCUT2D eigenvalue weighted by Gasteiger charge is -2.38. The summed E-state index contributed by atoms with van der Waals surface area (Å²) in [5.74, 6) is -0.685. The van der Waals surface area contributed by atoms with Crippen molar-refractivity contribution >= 4 is 50.6 Å². The standard InChI is InChI=1S/C21H18Cl2N2O4S/c22-16-4-1-3-14(21(16)23)15-11-19(27)25(17-5-2-6-18(26)20(15)17)12-7-9-13(10-8-12)30(24,28)29/h1,3-4,7-10,15H,2,5-6,11H2,(H2,24,28,29). The van der Waals surface area contributed by atoms with Crippen molar-refractivity contribution in [1.29, 1.82) is 0 Å². The Morgan fingerprint density at radius 2 is 1.70 bits per heavy atom. The molecule has 30 heavy (non-hydrogen) atoms. The Labute approximate surface area is 184 Å². The van der Waals surface area contributed by atoms with Gasteiger partial charge in [-0.15, -0.1) is 0 Å². The fourth-order valence-electron chi connectivity index (χ4n) is 4.13. The summed E-state index contributed by atoms with van der Waals surface area (Å²) in [4.78, 5) is 27.5. The molecule has 0 saturated heterocycles. The van der Waals surface area contributed by atoms with Gasteiger partial charge in [0, 0.05) is 35.7 Å². The number of sulfonamides is 1. The Bertz CT molecular complexity index is 1190. The number of nitrogens with zero attached hydrogens (tertiary/aromatic N) is 1. The summed E-state index contributed by atoms with van der Waals surface area (Å²) in [6.07, 6.45) is 1.65. The van der Waals surface area contributed by atoms with E-state index in [1.54, 1.807) is 18.2 Å². The van der Waals surface area contributed by atoms with E-state index < -0.39 is 15.9 Å². The van der Waals surface area contributed by atoms with E-state index in [1.165, 1.54) is 29.2 Å². The van der Waals surface area contributed by atoms with Gasteiger partial charge in [-0.2, -0.15) is 0 Å². The van der Waals surface area contributed by atoms with E-state index in [4.69, 9.17) is 28.3 Å². The number of benzene rings is 2. The Morgan fingerprint density at radius 1 is 1.00 bits per heavy atom. The summed E-state index contributed by atoms with van der Waals surface area (Å²) in [6.45, 7) is 0. The number of Topliss-reactive ketones (excluding diaryl/α,β-unsaturated/α-hetero) is 1. The Morgan fingerprint density at radius 3 is 2.37 bits per heavy atom. The monoisotopic (exact) mass is 464 g/mol. The summed E-state index contributed by atoms with van der Waals surface area (Å²) in [7, 11) is -3.85. The van der Waals surface area contributed by atoms with Gasteiger partial charge in [-0.25, -0.2) is 13.6 Å². The number of carbonyl (C=O) groups excluding carboxylic acids is 2. The predicted molar refractivity (Wildman–Crippen MR) is 115 cm³/mol. The van der Waals surface area contributed by atoms with Crippen LogP contribution in [0.4, 0.5) is 5.69 Å². The average molecular weight is 465 g/mol. The van der Waals surface area contributed by atoms with Crippen LogP contribution in [0.15, 0.2) is 58.6 Å². The Kier molecular flexibility index (Phi) is 5.48. The molecule has 0 bridgehead atoms. The van der Waals surface area contributed by atoms with Crippen LogP contribution in [0.2, 0.25) is 10.0 Å². The number of nitrogens with two attached hydrogens (primary N) is 1. The molecule has 0 radical (unpaired) electrons. The predicted octanol–water partition coefficient (Wildman–Crippen LogP) is 4.17. The van der Waals surface area contributed by atoms with Gasteiger partial charge in [-0.05, 0) is 48.7 Å². The third-order valence-corrected chi connectivity index (χ3v) is 7.22. The number of hydrogen-bond acceptors (Lipinski definition) is 4. The van der Waals surface area contributed by atoms with Crippen molar-refractivity contribution in [1.82, 2.24) is 0 Å². The maximum Gasteiger partial charge on any atom is 0.238 e. The van der Waals surface area contributed by atoms with E-state index in [9.17, 15) is 18.0 Å². The lowest BCUT2D eigenvalue weighted by atomic mass is 9.77.